The molecule has 2 amide bonds. The number of amides is 2. The number of nitrogens with zero attached hydrogens (tertiary/aromatic N) is 1. The summed E-state index contributed by atoms with van der Waals surface area (Å²) in [6, 6.07) is 9.46. The molecule has 10 heteroatoms. The van der Waals surface area contributed by atoms with Gasteiger partial charge < -0.3 is 9.47 Å². The minimum Gasteiger partial charge on any atom is -0.487 e. The summed E-state index contributed by atoms with van der Waals surface area (Å²) >= 11 is 7.63. The van der Waals surface area contributed by atoms with Crippen LogP contribution in [-0.2, 0) is 20.9 Å². The topological polar surface area (TPSA) is 72.9 Å². The number of carbonyl (C=O) groups is 3. The third-order valence-corrected chi connectivity index (χ3v) is 6.09. The quantitative estimate of drug-likeness (QED) is 0.361. The molecule has 3 rings (SSSR count). The maximum atomic E-state index is 13.0. The van der Waals surface area contributed by atoms with Gasteiger partial charge in [-0.3, -0.25) is 19.3 Å². The van der Waals surface area contributed by atoms with Crippen LogP contribution < -0.4 is 4.74 Å². The number of hydrogen-bond donors (Lipinski definition) is 0. The Morgan fingerprint density at radius 1 is 1.17 bits per heavy atom. The predicted octanol–water partition coefficient (Wildman–Crippen LogP) is 5.14. The summed E-state index contributed by atoms with van der Waals surface area (Å²) in [6.45, 7) is -0.189. The SMILES string of the molecule is COC(=O)CN1C(=O)S/C(=C/c2cc(Br)c(OCc3ccc(F)cc3)c(Br)c2)C1=O. The molecule has 0 saturated carbocycles. The van der Waals surface area contributed by atoms with E-state index in [4.69, 9.17) is 4.74 Å². The number of halogens is 3. The van der Waals surface area contributed by atoms with E-state index in [2.05, 4.69) is 36.6 Å². The fraction of sp³-hybridized carbons (Fsp3) is 0.150. The molecule has 0 spiro atoms. The summed E-state index contributed by atoms with van der Waals surface area (Å²) in [5.41, 5.74) is 1.45. The molecule has 156 valence electrons. The number of benzene rings is 2. The van der Waals surface area contributed by atoms with Gasteiger partial charge in [0.2, 0.25) is 0 Å². The smallest absolute Gasteiger partial charge is 0.325 e. The summed E-state index contributed by atoms with van der Waals surface area (Å²) in [6.07, 6.45) is 1.56. The highest BCUT2D eigenvalue weighted by molar-refractivity contribution is 9.11. The lowest BCUT2D eigenvalue weighted by Crippen LogP contribution is -2.34. The average molecular weight is 559 g/mol. The highest BCUT2D eigenvalue weighted by atomic mass is 79.9. The third kappa shape index (κ3) is 5.30. The first-order valence-electron chi connectivity index (χ1n) is 8.47. The van der Waals surface area contributed by atoms with Crippen molar-refractivity contribution in [1.82, 2.24) is 4.90 Å². The molecule has 6 nitrogen and oxygen atoms in total. The van der Waals surface area contributed by atoms with Crippen molar-refractivity contribution in [3.05, 3.63) is 67.2 Å². The van der Waals surface area contributed by atoms with Gasteiger partial charge in [0.15, 0.2) is 0 Å². The van der Waals surface area contributed by atoms with Crippen LogP contribution in [0.5, 0.6) is 5.75 Å². The highest BCUT2D eigenvalue weighted by Gasteiger charge is 2.36. The Labute approximate surface area is 192 Å². The lowest BCUT2D eigenvalue weighted by molar-refractivity contribution is -0.143. The minimum atomic E-state index is -0.674. The summed E-state index contributed by atoms with van der Waals surface area (Å²) < 4.78 is 24.6. The van der Waals surface area contributed by atoms with Crippen LogP contribution in [0.15, 0.2) is 50.2 Å². The first-order chi connectivity index (χ1) is 14.3. The number of methoxy groups -OCH3 is 1. The maximum Gasteiger partial charge on any atom is 0.325 e. The molecule has 1 aliphatic rings. The zero-order valence-electron chi connectivity index (χ0n) is 15.5. The van der Waals surface area contributed by atoms with Gasteiger partial charge in [0.25, 0.3) is 11.1 Å². The molecule has 0 bridgehead atoms. The molecule has 1 fully saturated rings. The van der Waals surface area contributed by atoms with Gasteiger partial charge in [0.1, 0.15) is 24.7 Å². The van der Waals surface area contributed by atoms with Crippen LogP contribution in [0.3, 0.4) is 0 Å². The van der Waals surface area contributed by atoms with Gasteiger partial charge in [-0.25, -0.2) is 4.39 Å². The number of carbonyl (C=O) groups excluding carboxylic acids is 3. The standard InChI is InChI=1S/C20H14Br2FNO5S/c1-28-17(25)9-24-19(26)16(30-20(24)27)8-12-6-14(21)18(15(22)7-12)29-10-11-2-4-13(23)5-3-11/h2-8H,9-10H2,1H3/b16-8+. The molecule has 0 aromatic heterocycles. The molecule has 0 aliphatic carbocycles. The summed E-state index contributed by atoms with van der Waals surface area (Å²) in [5.74, 6) is -1.01. The fourth-order valence-corrected chi connectivity index (χ4v) is 4.81. The Bertz CT molecular complexity index is 1020. The van der Waals surface area contributed by atoms with Crippen LogP contribution in [0.2, 0.25) is 0 Å². The minimum absolute atomic E-state index is 0.197. The molecule has 0 N–H and O–H groups in total. The zero-order chi connectivity index (χ0) is 21.8. The second-order valence-corrected chi connectivity index (χ2v) is 8.77. The second kappa shape index (κ2) is 9.76. The summed E-state index contributed by atoms with van der Waals surface area (Å²) in [7, 11) is 1.19. The molecule has 0 unspecified atom stereocenters. The van der Waals surface area contributed by atoms with Crippen LogP contribution in [0.25, 0.3) is 6.08 Å². The molecule has 1 aliphatic heterocycles. The first kappa shape index (κ1) is 22.5. The number of esters is 1. The van der Waals surface area contributed by atoms with Crippen LogP contribution in [0.1, 0.15) is 11.1 Å². The van der Waals surface area contributed by atoms with Crippen molar-refractivity contribution in [3.63, 3.8) is 0 Å². The van der Waals surface area contributed by atoms with Gasteiger partial charge in [-0.1, -0.05) is 12.1 Å². The lowest BCUT2D eigenvalue weighted by Gasteiger charge is -2.12. The Morgan fingerprint density at radius 3 is 2.40 bits per heavy atom. The monoisotopic (exact) mass is 557 g/mol. The van der Waals surface area contributed by atoms with Crippen molar-refractivity contribution < 1.29 is 28.2 Å². The number of hydrogen-bond acceptors (Lipinski definition) is 6. The second-order valence-electron chi connectivity index (χ2n) is 6.07. The van der Waals surface area contributed by atoms with Gasteiger partial charge in [-0.15, -0.1) is 0 Å². The van der Waals surface area contributed by atoms with Gasteiger partial charge in [0, 0.05) is 0 Å². The van der Waals surface area contributed by atoms with Crippen molar-refractivity contribution >= 4 is 66.8 Å². The largest absolute Gasteiger partial charge is 0.487 e. The highest BCUT2D eigenvalue weighted by Crippen LogP contribution is 2.38. The molecular formula is C20H14Br2FNO5S. The van der Waals surface area contributed by atoms with Crippen molar-refractivity contribution in [2.45, 2.75) is 6.61 Å². The van der Waals surface area contributed by atoms with Crippen molar-refractivity contribution in [2.24, 2.45) is 0 Å². The Morgan fingerprint density at radius 2 is 1.80 bits per heavy atom. The van der Waals surface area contributed by atoms with Crippen LogP contribution in [-0.4, -0.2) is 35.7 Å². The molecule has 1 saturated heterocycles. The summed E-state index contributed by atoms with van der Waals surface area (Å²) in [4.78, 5) is 36.9. The van der Waals surface area contributed by atoms with Crippen molar-refractivity contribution in [3.8, 4) is 5.75 Å². The molecule has 2 aromatic carbocycles. The molecule has 0 radical (unpaired) electrons. The van der Waals surface area contributed by atoms with Gasteiger partial charge in [0.05, 0.1) is 21.0 Å². The van der Waals surface area contributed by atoms with Crippen LogP contribution >= 0.6 is 43.6 Å². The lowest BCUT2D eigenvalue weighted by atomic mass is 10.2. The first-order valence-corrected chi connectivity index (χ1v) is 10.9. The predicted molar refractivity (Wildman–Crippen MR) is 117 cm³/mol. The Balaban J connectivity index is 1.76. The van der Waals surface area contributed by atoms with E-state index in [-0.39, 0.29) is 17.3 Å². The third-order valence-electron chi connectivity index (χ3n) is 4.00. The average Bonchev–Trinajstić information content (AvgIpc) is 2.96. The van der Waals surface area contributed by atoms with E-state index in [1.165, 1.54) is 19.2 Å². The van der Waals surface area contributed by atoms with Gasteiger partial charge in [-0.05, 0) is 85.1 Å². The van der Waals surface area contributed by atoms with E-state index in [0.717, 1.165) is 22.2 Å². The van der Waals surface area contributed by atoms with E-state index in [0.29, 0.717) is 20.3 Å². The number of rotatable bonds is 6. The number of imide groups is 1. The Kier molecular flexibility index (Phi) is 7.32. The molecule has 30 heavy (non-hydrogen) atoms. The van der Waals surface area contributed by atoms with Crippen LogP contribution in [0, 0.1) is 5.82 Å². The number of thioether (sulfide) groups is 1. The van der Waals surface area contributed by atoms with Gasteiger partial charge in [-0.2, -0.15) is 0 Å². The molecule has 0 atom stereocenters. The van der Waals surface area contributed by atoms with E-state index in [9.17, 15) is 18.8 Å². The van der Waals surface area contributed by atoms with E-state index < -0.39 is 23.7 Å². The van der Waals surface area contributed by atoms with Crippen molar-refractivity contribution in [2.75, 3.05) is 13.7 Å². The van der Waals surface area contributed by atoms with E-state index in [1.54, 1.807) is 30.3 Å². The number of ether oxygens (including phenoxy) is 2. The molecule has 2 aromatic rings. The molecule has 1 heterocycles. The van der Waals surface area contributed by atoms with E-state index in [1.807, 2.05) is 0 Å². The Hall–Kier alpha value is -2.17. The van der Waals surface area contributed by atoms with Crippen LogP contribution in [0.4, 0.5) is 9.18 Å². The van der Waals surface area contributed by atoms with Gasteiger partial charge >= 0.3 is 5.97 Å². The van der Waals surface area contributed by atoms with E-state index >= 15 is 0 Å². The zero-order valence-corrected chi connectivity index (χ0v) is 19.5. The summed E-state index contributed by atoms with van der Waals surface area (Å²) in [5, 5.41) is -0.533. The maximum absolute atomic E-state index is 13.0. The van der Waals surface area contributed by atoms with Crippen molar-refractivity contribution in [1.29, 1.82) is 0 Å². The normalized spacial score (nSPS) is 15.1. The fourth-order valence-electron chi connectivity index (χ4n) is 2.52. The molecular weight excluding hydrogens is 545 g/mol.